The van der Waals surface area contributed by atoms with Gasteiger partial charge in [0.2, 0.25) is 5.91 Å². The molecule has 0 spiro atoms. The molecular weight excluding hydrogens is 470 g/mol. The lowest BCUT2D eigenvalue weighted by Crippen LogP contribution is -2.15. The summed E-state index contributed by atoms with van der Waals surface area (Å²) in [5, 5.41) is 14.8. The Kier molecular flexibility index (Phi) is 8.16. The molecule has 2 aromatic heterocycles. The Morgan fingerprint density at radius 2 is 1.88 bits per heavy atom. The van der Waals surface area contributed by atoms with Gasteiger partial charge in [0.05, 0.1) is 20.0 Å². The number of thioether (sulfide) groups is 1. The zero-order chi connectivity index (χ0) is 23.8. The normalized spacial score (nSPS) is 10.8. The fourth-order valence-electron chi connectivity index (χ4n) is 3.41. The van der Waals surface area contributed by atoms with Gasteiger partial charge in [-0.05, 0) is 29.7 Å². The number of carbonyl (C=O) groups is 1. The van der Waals surface area contributed by atoms with Gasteiger partial charge in [-0.15, -0.1) is 21.5 Å². The second kappa shape index (κ2) is 11.7. The maximum Gasteiger partial charge on any atom is 0.236 e. The molecule has 34 heavy (non-hydrogen) atoms. The molecule has 0 atom stereocenters. The molecule has 0 aliphatic rings. The van der Waals surface area contributed by atoms with Crippen LogP contribution >= 0.6 is 23.1 Å². The molecule has 0 unspecified atom stereocenters. The second-order valence-electron chi connectivity index (χ2n) is 7.33. The van der Waals surface area contributed by atoms with E-state index in [0.717, 1.165) is 23.4 Å². The number of amides is 1. The van der Waals surface area contributed by atoms with Gasteiger partial charge >= 0.3 is 0 Å². The van der Waals surface area contributed by atoms with E-state index in [-0.39, 0.29) is 11.7 Å². The number of methoxy groups -OCH3 is 2. The number of hydrogen-bond acceptors (Lipinski definition) is 8. The van der Waals surface area contributed by atoms with E-state index in [1.165, 1.54) is 23.1 Å². The molecule has 176 valence electrons. The summed E-state index contributed by atoms with van der Waals surface area (Å²) in [6.45, 7) is 0.668. The monoisotopic (exact) mass is 495 g/mol. The minimum absolute atomic E-state index is 0.126. The average molecular weight is 496 g/mol. The number of nitrogens with one attached hydrogen (secondary N) is 1. The second-order valence-corrected chi connectivity index (χ2v) is 9.16. The average Bonchev–Trinajstić information content (AvgIpc) is 3.51. The molecule has 10 heteroatoms. The standard InChI is InChI=1S/C24H25N5O3S2/c1-31-19-9-8-18(14-20(19)32-2)10-12-29-21(15-17-6-4-3-5-7-17)27-28-24(29)34-16-22(30)26-23-25-11-13-33-23/h3-9,11,13-14H,10,12,15-16H2,1-2H3,(H,25,26,30). The molecule has 4 rings (SSSR count). The molecule has 0 bridgehead atoms. The van der Waals surface area contributed by atoms with E-state index in [1.54, 1.807) is 20.4 Å². The van der Waals surface area contributed by atoms with Crippen molar-refractivity contribution in [1.29, 1.82) is 0 Å². The first kappa shape index (κ1) is 23.8. The molecule has 0 fully saturated rings. The SMILES string of the molecule is COc1ccc(CCn2c(Cc3ccccc3)nnc2SCC(=O)Nc2nccs2)cc1OC. The summed E-state index contributed by atoms with van der Waals surface area (Å²) in [6, 6.07) is 16.1. The maximum atomic E-state index is 12.4. The topological polar surface area (TPSA) is 91.2 Å². The quantitative estimate of drug-likeness (QED) is 0.310. The fraction of sp³-hybridized carbons (Fsp3) is 0.250. The van der Waals surface area contributed by atoms with E-state index < -0.39 is 0 Å². The van der Waals surface area contributed by atoms with Gasteiger partial charge in [0.15, 0.2) is 21.8 Å². The number of rotatable bonds is 11. The van der Waals surface area contributed by atoms with Gasteiger partial charge in [0.25, 0.3) is 0 Å². The fourth-order valence-corrected chi connectivity index (χ4v) is 4.74. The molecule has 4 aromatic rings. The first-order valence-corrected chi connectivity index (χ1v) is 12.5. The van der Waals surface area contributed by atoms with Crippen molar-refractivity contribution in [3.05, 3.63) is 77.1 Å². The maximum absolute atomic E-state index is 12.4. The molecule has 8 nitrogen and oxygen atoms in total. The van der Waals surface area contributed by atoms with Crippen LogP contribution in [0.4, 0.5) is 5.13 Å². The van der Waals surface area contributed by atoms with E-state index in [1.807, 2.05) is 41.8 Å². The molecular formula is C24H25N5O3S2. The van der Waals surface area contributed by atoms with Crippen LogP contribution in [0.2, 0.25) is 0 Å². The van der Waals surface area contributed by atoms with Crippen LogP contribution in [0.25, 0.3) is 0 Å². The molecule has 2 heterocycles. The highest BCUT2D eigenvalue weighted by Crippen LogP contribution is 2.28. The number of aryl methyl sites for hydroxylation is 1. The lowest BCUT2D eigenvalue weighted by Gasteiger charge is -2.12. The number of thiazole rings is 1. The zero-order valence-corrected chi connectivity index (χ0v) is 20.6. The Morgan fingerprint density at radius 1 is 1.06 bits per heavy atom. The minimum atomic E-state index is -0.126. The van der Waals surface area contributed by atoms with E-state index in [2.05, 4.69) is 37.2 Å². The molecule has 2 aromatic carbocycles. The predicted molar refractivity (Wildman–Crippen MR) is 134 cm³/mol. The number of benzene rings is 2. The van der Waals surface area contributed by atoms with E-state index in [9.17, 15) is 4.79 Å². The van der Waals surface area contributed by atoms with E-state index >= 15 is 0 Å². The van der Waals surface area contributed by atoms with Crippen molar-refractivity contribution in [2.45, 2.75) is 24.5 Å². The number of nitrogens with zero attached hydrogens (tertiary/aromatic N) is 4. The Morgan fingerprint density at radius 3 is 2.62 bits per heavy atom. The molecule has 1 N–H and O–H groups in total. The van der Waals surface area contributed by atoms with Crippen LogP contribution in [-0.2, 0) is 24.2 Å². The van der Waals surface area contributed by atoms with Gasteiger partial charge in [-0.2, -0.15) is 0 Å². The van der Waals surface area contributed by atoms with Crippen molar-refractivity contribution in [2.75, 3.05) is 25.3 Å². The van der Waals surface area contributed by atoms with Crippen LogP contribution in [0.3, 0.4) is 0 Å². The summed E-state index contributed by atoms with van der Waals surface area (Å²) >= 11 is 2.75. The molecule has 0 saturated carbocycles. The van der Waals surface area contributed by atoms with Crippen molar-refractivity contribution >= 4 is 34.1 Å². The summed E-state index contributed by atoms with van der Waals surface area (Å²) in [4.78, 5) is 16.4. The van der Waals surface area contributed by atoms with Crippen molar-refractivity contribution in [1.82, 2.24) is 19.7 Å². The van der Waals surface area contributed by atoms with Crippen LogP contribution in [-0.4, -0.2) is 45.6 Å². The minimum Gasteiger partial charge on any atom is -0.493 e. The highest BCUT2D eigenvalue weighted by Gasteiger charge is 2.16. The van der Waals surface area contributed by atoms with Crippen LogP contribution in [0, 0.1) is 0 Å². The Labute approximate surface area is 206 Å². The van der Waals surface area contributed by atoms with Crippen molar-refractivity contribution in [2.24, 2.45) is 0 Å². The lowest BCUT2D eigenvalue weighted by molar-refractivity contribution is -0.113. The van der Waals surface area contributed by atoms with Crippen LogP contribution in [0.15, 0.2) is 65.3 Å². The number of hydrogen-bond donors (Lipinski definition) is 1. The largest absolute Gasteiger partial charge is 0.493 e. The number of ether oxygens (including phenoxy) is 2. The molecule has 1 amide bonds. The number of anilines is 1. The van der Waals surface area contributed by atoms with Crippen LogP contribution in [0.5, 0.6) is 11.5 Å². The third-order valence-corrected chi connectivity index (χ3v) is 6.74. The summed E-state index contributed by atoms with van der Waals surface area (Å²) in [7, 11) is 3.25. The molecule has 0 saturated heterocycles. The highest BCUT2D eigenvalue weighted by molar-refractivity contribution is 7.99. The van der Waals surface area contributed by atoms with Crippen molar-refractivity contribution < 1.29 is 14.3 Å². The number of carbonyl (C=O) groups excluding carboxylic acids is 1. The molecule has 0 aliphatic heterocycles. The summed E-state index contributed by atoms with van der Waals surface area (Å²) in [5.41, 5.74) is 2.26. The zero-order valence-electron chi connectivity index (χ0n) is 18.9. The van der Waals surface area contributed by atoms with Crippen LogP contribution < -0.4 is 14.8 Å². The summed E-state index contributed by atoms with van der Waals surface area (Å²) < 4.78 is 12.9. The predicted octanol–water partition coefficient (Wildman–Crippen LogP) is 4.32. The first-order valence-electron chi connectivity index (χ1n) is 10.7. The highest BCUT2D eigenvalue weighted by atomic mass is 32.2. The number of aromatic nitrogens is 4. The van der Waals surface area contributed by atoms with Gasteiger partial charge in [-0.1, -0.05) is 48.2 Å². The lowest BCUT2D eigenvalue weighted by atomic mass is 10.1. The van der Waals surface area contributed by atoms with Gasteiger partial charge in [0, 0.05) is 24.5 Å². The molecule has 0 aliphatic carbocycles. The third kappa shape index (κ3) is 6.15. The van der Waals surface area contributed by atoms with Crippen LogP contribution in [0.1, 0.15) is 17.0 Å². The first-order chi connectivity index (χ1) is 16.7. The third-order valence-electron chi connectivity index (χ3n) is 5.08. The Bertz CT molecular complexity index is 1210. The Hall–Kier alpha value is -3.37. The van der Waals surface area contributed by atoms with Crippen molar-refractivity contribution in [3.8, 4) is 11.5 Å². The summed E-state index contributed by atoms with van der Waals surface area (Å²) in [5.74, 6) is 2.34. The smallest absolute Gasteiger partial charge is 0.236 e. The van der Waals surface area contributed by atoms with Gasteiger partial charge in [-0.3, -0.25) is 4.79 Å². The van der Waals surface area contributed by atoms with Crippen molar-refractivity contribution in [3.63, 3.8) is 0 Å². The van der Waals surface area contributed by atoms with Gasteiger partial charge in [0.1, 0.15) is 5.82 Å². The van der Waals surface area contributed by atoms with Gasteiger partial charge in [-0.25, -0.2) is 4.98 Å². The molecule has 0 radical (unpaired) electrons. The summed E-state index contributed by atoms with van der Waals surface area (Å²) in [6.07, 6.45) is 3.07. The van der Waals surface area contributed by atoms with Gasteiger partial charge < -0.3 is 19.4 Å². The van der Waals surface area contributed by atoms with E-state index in [4.69, 9.17) is 9.47 Å². The van der Waals surface area contributed by atoms with E-state index in [0.29, 0.717) is 34.8 Å². The Balaban J connectivity index is 1.50.